The number of carbonyl (C=O) groups is 2. The highest BCUT2D eigenvalue weighted by atomic mass is 16.5. The molecular formula is C65H53N4O4+. The second kappa shape index (κ2) is 21.8. The first-order valence-electron chi connectivity index (χ1n) is 24.4. The molecular weight excluding hydrogens is 901 g/mol. The Kier molecular flexibility index (Phi) is 14.6. The first-order valence-corrected chi connectivity index (χ1v) is 24.4. The number of benzene rings is 7. The molecule has 2 aliphatic rings. The minimum atomic E-state index is -0.897. The van der Waals surface area contributed by atoms with Crippen LogP contribution in [0, 0.1) is 36.8 Å². The van der Waals surface area contributed by atoms with E-state index in [1.165, 1.54) is 0 Å². The molecule has 9 rings (SSSR count). The lowest BCUT2D eigenvalue weighted by Gasteiger charge is -2.33. The Bertz CT molecular complexity index is 3640. The van der Waals surface area contributed by atoms with E-state index in [4.69, 9.17) is 17.9 Å². The Morgan fingerprint density at radius 2 is 1.32 bits per heavy atom. The molecule has 8 nitrogen and oxygen atoms in total. The SMILES string of the molecule is [C-]#[N+]c1cccc(CC2(CC#CC)C(/C=C/C=C/C=C3\N(CCOC=O)c4ccc(-c5ccccc5)cc4C3(CC#CC)Cc3cccc([N+]#[C-])c3)=[N+](CCC(=O)O)c3c2c2ccccc2c2ccccc32)c1. The lowest BCUT2D eigenvalue weighted by Crippen LogP contribution is -2.37. The smallest absolute Gasteiger partial charge is 0.309 e. The normalized spacial score (nSPS) is 17.2. The highest BCUT2D eigenvalue weighted by Crippen LogP contribution is 2.54. The molecule has 0 spiro atoms. The fourth-order valence-corrected chi connectivity index (χ4v) is 11.1. The van der Waals surface area contributed by atoms with Crippen LogP contribution in [0.3, 0.4) is 0 Å². The van der Waals surface area contributed by atoms with Crippen LogP contribution >= 0.6 is 0 Å². The third kappa shape index (κ3) is 9.56. The average molecular weight is 954 g/mol. The van der Waals surface area contributed by atoms with E-state index in [1.807, 2.05) is 98.8 Å². The molecule has 1 N–H and O–H groups in total. The summed E-state index contributed by atoms with van der Waals surface area (Å²) in [6.07, 6.45) is 12.2. The number of allylic oxidation sites excluding steroid dienone is 6. The number of carbonyl (C=O) groups excluding carboxylic acids is 1. The summed E-state index contributed by atoms with van der Waals surface area (Å²) in [5.41, 5.74) is 9.78. The first-order chi connectivity index (χ1) is 35.8. The summed E-state index contributed by atoms with van der Waals surface area (Å²) in [4.78, 5) is 33.9. The lowest BCUT2D eigenvalue weighted by atomic mass is 9.68. The van der Waals surface area contributed by atoms with Gasteiger partial charge in [-0.25, -0.2) is 9.69 Å². The van der Waals surface area contributed by atoms with Crippen LogP contribution in [0.1, 0.15) is 55.4 Å². The number of hydrogen-bond acceptors (Lipinski definition) is 4. The molecule has 0 saturated carbocycles. The Hall–Kier alpha value is -9.21. The van der Waals surface area contributed by atoms with Gasteiger partial charge in [-0.05, 0) is 83.8 Å². The van der Waals surface area contributed by atoms with E-state index in [0.717, 1.165) is 77.7 Å². The highest BCUT2D eigenvalue weighted by Gasteiger charge is 2.53. The zero-order valence-electron chi connectivity index (χ0n) is 40.9. The van der Waals surface area contributed by atoms with Crippen LogP contribution in [0.4, 0.5) is 22.7 Å². The van der Waals surface area contributed by atoms with Gasteiger partial charge in [0.2, 0.25) is 5.69 Å². The maximum Gasteiger partial charge on any atom is 0.309 e. The summed E-state index contributed by atoms with van der Waals surface area (Å²) >= 11 is 0. The van der Waals surface area contributed by atoms with Gasteiger partial charge in [0.05, 0.1) is 36.1 Å². The number of hydrogen-bond donors (Lipinski definition) is 1. The van der Waals surface area contributed by atoms with Crippen LogP contribution in [0.15, 0.2) is 182 Å². The van der Waals surface area contributed by atoms with E-state index < -0.39 is 16.8 Å². The summed E-state index contributed by atoms with van der Waals surface area (Å²) in [6, 6.07) is 49.2. The lowest BCUT2D eigenvalue weighted by molar-refractivity contribution is -0.435. The molecule has 0 radical (unpaired) electrons. The number of rotatable bonds is 17. The summed E-state index contributed by atoms with van der Waals surface area (Å²) in [5.74, 6) is 12.4. The summed E-state index contributed by atoms with van der Waals surface area (Å²) in [6.45, 7) is 20.7. The van der Waals surface area contributed by atoms with Crippen molar-refractivity contribution in [3.63, 3.8) is 0 Å². The average Bonchev–Trinajstić information content (AvgIpc) is 3.83. The zero-order valence-corrected chi connectivity index (χ0v) is 40.9. The van der Waals surface area contributed by atoms with Gasteiger partial charge in [-0.15, -0.1) is 23.7 Å². The molecule has 0 saturated heterocycles. The topological polar surface area (TPSA) is 78.6 Å². The van der Waals surface area contributed by atoms with Crippen molar-refractivity contribution in [3.8, 4) is 34.8 Å². The van der Waals surface area contributed by atoms with Crippen LogP contribution in [0.5, 0.6) is 0 Å². The third-order valence-electron chi connectivity index (χ3n) is 14.1. The van der Waals surface area contributed by atoms with Crippen LogP contribution < -0.4 is 4.90 Å². The minimum Gasteiger partial charge on any atom is -0.481 e. The maximum absolute atomic E-state index is 12.5. The number of nitrogens with zero attached hydrogens (tertiary/aromatic N) is 4. The van der Waals surface area contributed by atoms with Gasteiger partial charge >= 0.3 is 5.97 Å². The minimum absolute atomic E-state index is 0.0969. The third-order valence-corrected chi connectivity index (χ3v) is 14.1. The molecule has 2 atom stereocenters. The maximum atomic E-state index is 12.5. The Balaban J connectivity index is 1.25. The molecule has 0 amide bonds. The largest absolute Gasteiger partial charge is 0.481 e. The van der Waals surface area contributed by atoms with Crippen LogP contribution in [0.25, 0.3) is 42.4 Å². The number of anilines is 1. The van der Waals surface area contributed by atoms with E-state index in [2.05, 4.69) is 134 Å². The molecule has 0 bridgehead atoms. The molecule has 73 heavy (non-hydrogen) atoms. The second-order valence-corrected chi connectivity index (χ2v) is 18.3. The van der Waals surface area contributed by atoms with Crippen molar-refractivity contribution in [2.45, 2.75) is 56.8 Å². The molecule has 2 heterocycles. The van der Waals surface area contributed by atoms with E-state index in [-0.39, 0.29) is 19.6 Å². The van der Waals surface area contributed by atoms with E-state index in [0.29, 0.717) is 50.1 Å². The monoisotopic (exact) mass is 953 g/mol. The van der Waals surface area contributed by atoms with Gasteiger partial charge in [-0.2, -0.15) is 4.58 Å². The molecule has 0 aliphatic carbocycles. The molecule has 7 aromatic rings. The van der Waals surface area contributed by atoms with E-state index in [1.54, 1.807) is 0 Å². The first kappa shape index (κ1) is 48.8. The predicted octanol–water partition coefficient (Wildman–Crippen LogP) is 13.8. The van der Waals surface area contributed by atoms with Crippen molar-refractivity contribution in [3.05, 3.63) is 227 Å². The summed E-state index contributed by atoms with van der Waals surface area (Å²) in [7, 11) is 0. The number of fused-ring (bicyclic) bond motifs is 7. The number of ether oxygens (including phenoxy) is 1. The van der Waals surface area contributed by atoms with Crippen molar-refractivity contribution in [1.29, 1.82) is 0 Å². The van der Waals surface area contributed by atoms with Crippen molar-refractivity contribution >= 4 is 62.4 Å². The van der Waals surface area contributed by atoms with Crippen molar-refractivity contribution < 1.29 is 24.0 Å². The van der Waals surface area contributed by atoms with E-state index >= 15 is 0 Å². The van der Waals surface area contributed by atoms with Gasteiger partial charge < -0.3 is 14.7 Å². The molecule has 7 aromatic carbocycles. The quantitative estimate of drug-likeness (QED) is 0.0187. The molecule has 0 aromatic heterocycles. The second-order valence-electron chi connectivity index (χ2n) is 18.3. The Labute approximate surface area is 427 Å². The zero-order chi connectivity index (χ0) is 50.8. The Morgan fingerprint density at radius 1 is 0.699 bits per heavy atom. The molecule has 8 heteroatoms. The fourth-order valence-electron chi connectivity index (χ4n) is 11.1. The van der Waals surface area contributed by atoms with E-state index in [9.17, 15) is 14.7 Å². The van der Waals surface area contributed by atoms with Crippen LogP contribution in [-0.4, -0.2) is 47.5 Å². The van der Waals surface area contributed by atoms with Gasteiger partial charge in [-0.1, -0.05) is 157 Å². The van der Waals surface area contributed by atoms with Crippen molar-refractivity contribution in [1.82, 2.24) is 0 Å². The molecule has 2 aliphatic heterocycles. The van der Waals surface area contributed by atoms with Gasteiger partial charge in [0.1, 0.15) is 18.4 Å². The van der Waals surface area contributed by atoms with Crippen molar-refractivity contribution in [2.75, 3.05) is 24.6 Å². The number of aliphatic carboxylic acids is 1. The molecule has 356 valence electrons. The van der Waals surface area contributed by atoms with Crippen LogP contribution in [0.2, 0.25) is 0 Å². The summed E-state index contributed by atoms with van der Waals surface area (Å²) in [5, 5.41) is 14.6. The molecule has 0 fully saturated rings. The predicted molar refractivity (Wildman–Crippen MR) is 293 cm³/mol. The Morgan fingerprint density at radius 3 is 1.96 bits per heavy atom. The van der Waals surface area contributed by atoms with Gasteiger partial charge in [0.15, 0.2) is 23.6 Å². The van der Waals surface area contributed by atoms with Crippen LogP contribution in [-0.2, 0) is 38.0 Å². The van der Waals surface area contributed by atoms with Crippen molar-refractivity contribution in [2.24, 2.45) is 0 Å². The number of carboxylic acid groups (broad SMARTS) is 1. The van der Waals surface area contributed by atoms with Gasteiger partial charge in [0, 0.05) is 30.3 Å². The van der Waals surface area contributed by atoms with Gasteiger partial charge in [-0.3, -0.25) is 9.59 Å². The number of carboxylic acids is 1. The fraction of sp³-hybridized carbons (Fsp3) is 0.185. The summed E-state index contributed by atoms with van der Waals surface area (Å²) < 4.78 is 7.57. The highest BCUT2D eigenvalue weighted by molar-refractivity contribution is 6.19. The standard InChI is InChI=1S/C65H52N4O4/c1-5-7-36-64(44-47-21-19-25-51(41-47)66-3)57-43-50(49-23-11-9-12-24-49)33-34-58(57)68(39-40-73-46-70)59(64)31-13-10-14-32-60-65(37-8-6-2,45-48-22-20-26-52(42-48)67-4)62-55-29-17-15-27-53(55)54-28-16-18-30-56(54)63(62)69(60)38-35-61(71)72/h9-34,41-43,46H,35-40,44-45H2,1-2H3/p+1. The molecule has 2 unspecified atom stereocenters. The van der Waals surface area contributed by atoms with Gasteiger partial charge in [0.25, 0.3) is 6.47 Å².